The molecule has 0 aliphatic carbocycles. The zero-order valence-corrected chi connectivity index (χ0v) is 15.6. The van der Waals surface area contributed by atoms with Crippen molar-refractivity contribution in [2.75, 3.05) is 6.54 Å². The molecule has 6 nitrogen and oxygen atoms in total. The summed E-state index contributed by atoms with van der Waals surface area (Å²) in [4.78, 5) is 23.8. The molecule has 0 unspecified atom stereocenters. The van der Waals surface area contributed by atoms with E-state index in [0.717, 1.165) is 11.3 Å². The summed E-state index contributed by atoms with van der Waals surface area (Å²) in [6, 6.07) is 13.8. The number of nitrogens with one attached hydrogen (secondary N) is 1. The van der Waals surface area contributed by atoms with Gasteiger partial charge >= 0.3 is 5.97 Å². The molecule has 0 bridgehead atoms. The first kappa shape index (κ1) is 18.9. The van der Waals surface area contributed by atoms with E-state index in [2.05, 4.69) is 10.4 Å². The van der Waals surface area contributed by atoms with Crippen LogP contribution in [-0.4, -0.2) is 28.2 Å². The van der Waals surface area contributed by atoms with E-state index >= 15 is 0 Å². The van der Waals surface area contributed by atoms with Crippen molar-refractivity contribution in [3.63, 3.8) is 0 Å². The Balaban J connectivity index is 1.46. The third kappa shape index (κ3) is 5.09. The lowest BCUT2D eigenvalue weighted by atomic mass is 10.2. The molecule has 0 radical (unpaired) electrons. The second-order valence-corrected chi connectivity index (χ2v) is 6.40. The molecule has 0 spiro atoms. The molecule has 0 aliphatic rings. The summed E-state index contributed by atoms with van der Waals surface area (Å²) in [5, 5.41) is 7.25. The predicted molar refractivity (Wildman–Crippen MR) is 102 cm³/mol. The number of esters is 1. The van der Waals surface area contributed by atoms with Crippen molar-refractivity contribution >= 4 is 35.1 Å². The molecule has 1 amide bonds. The first-order chi connectivity index (χ1) is 13.0. The summed E-state index contributed by atoms with van der Waals surface area (Å²) in [6.07, 6.45) is 3.54. The molecule has 1 N–H and O–H groups in total. The van der Waals surface area contributed by atoms with Crippen LogP contribution in [0.25, 0.3) is 5.69 Å². The molecule has 8 heteroatoms. The van der Waals surface area contributed by atoms with Gasteiger partial charge in [-0.15, -0.1) is 0 Å². The van der Waals surface area contributed by atoms with Gasteiger partial charge in [0.05, 0.1) is 15.7 Å². The number of rotatable bonds is 6. The Morgan fingerprint density at radius 1 is 1.07 bits per heavy atom. The van der Waals surface area contributed by atoms with Crippen molar-refractivity contribution in [3.05, 3.63) is 82.1 Å². The molecule has 0 atom stereocenters. The molecule has 3 rings (SSSR count). The second kappa shape index (κ2) is 8.70. The van der Waals surface area contributed by atoms with E-state index in [9.17, 15) is 9.59 Å². The monoisotopic (exact) mass is 403 g/mol. The van der Waals surface area contributed by atoms with E-state index in [1.165, 1.54) is 18.2 Å². The van der Waals surface area contributed by atoms with Crippen LogP contribution in [0.4, 0.5) is 0 Å². The van der Waals surface area contributed by atoms with Gasteiger partial charge in [-0.05, 0) is 42.0 Å². The summed E-state index contributed by atoms with van der Waals surface area (Å²) in [7, 11) is 0. The Morgan fingerprint density at radius 2 is 1.85 bits per heavy atom. The van der Waals surface area contributed by atoms with Gasteiger partial charge in [0.25, 0.3) is 5.91 Å². The smallest absolute Gasteiger partial charge is 0.325 e. The first-order valence-electron chi connectivity index (χ1n) is 8.01. The number of aromatic nitrogens is 2. The number of hydrogen-bond donors (Lipinski definition) is 1. The average Bonchev–Trinajstić information content (AvgIpc) is 3.22. The van der Waals surface area contributed by atoms with Crippen LogP contribution in [0.15, 0.2) is 60.9 Å². The molecular weight excluding hydrogens is 389 g/mol. The van der Waals surface area contributed by atoms with Crippen LogP contribution in [0.1, 0.15) is 15.9 Å². The lowest BCUT2D eigenvalue weighted by Gasteiger charge is -2.08. The van der Waals surface area contributed by atoms with Crippen molar-refractivity contribution in [2.45, 2.75) is 6.61 Å². The van der Waals surface area contributed by atoms with Crippen LogP contribution in [0.2, 0.25) is 10.0 Å². The number of amides is 1. The van der Waals surface area contributed by atoms with Gasteiger partial charge in [-0.2, -0.15) is 5.10 Å². The summed E-state index contributed by atoms with van der Waals surface area (Å²) in [5.41, 5.74) is 2.05. The fraction of sp³-hybridized carbons (Fsp3) is 0.105. The molecule has 0 fully saturated rings. The fourth-order valence-corrected chi connectivity index (χ4v) is 2.57. The van der Waals surface area contributed by atoms with Crippen LogP contribution in [0.3, 0.4) is 0 Å². The Kier molecular flexibility index (Phi) is 6.11. The number of benzene rings is 2. The molecule has 138 valence electrons. The maximum Gasteiger partial charge on any atom is 0.325 e. The van der Waals surface area contributed by atoms with E-state index in [4.69, 9.17) is 27.9 Å². The SMILES string of the molecule is O=C(CNC(=O)c1ccc(Cl)c(Cl)c1)OCc1ccc(-n2cccn2)cc1. The number of carbonyl (C=O) groups is 2. The van der Waals surface area contributed by atoms with Gasteiger partial charge in [-0.1, -0.05) is 35.3 Å². The van der Waals surface area contributed by atoms with Gasteiger partial charge in [0, 0.05) is 18.0 Å². The number of halogens is 2. The zero-order valence-electron chi connectivity index (χ0n) is 14.1. The summed E-state index contributed by atoms with van der Waals surface area (Å²) in [5.74, 6) is -0.978. The molecule has 1 aromatic heterocycles. The van der Waals surface area contributed by atoms with Crippen LogP contribution in [0.5, 0.6) is 0 Å². The molecule has 27 heavy (non-hydrogen) atoms. The van der Waals surface area contributed by atoms with E-state index in [0.29, 0.717) is 10.6 Å². The minimum atomic E-state index is -0.542. The number of carbonyl (C=O) groups excluding carboxylic acids is 2. The van der Waals surface area contributed by atoms with Crippen molar-refractivity contribution in [2.24, 2.45) is 0 Å². The van der Waals surface area contributed by atoms with Crippen LogP contribution >= 0.6 is 23.2 Å². The maximum absolute atomic E-state index is 12.0. The van der Waals surface area contributed by atoms with Crippen LogP contribution in [-0.2, 0) is 16.1 Å². The summed E-state index contributed by atoms with van der Waals surface area (Å²) < 4.78 is 6.90. The minimum absolute atomic E-state index is 0.112. The molecular formula is C19H15Cl2N3O3. The largest absolute Gasteiger partial charge is 0.460 e. The standard InChI is InChI=1S/C19H15Cl2N3O3/c20-16-7-4-14(10-17(16)21)19(26)22-11-18(25)27-12-13-2-5-15(6-3-13)24-9-1-8-23-24/h1-10H,11-12H2,(H,22,26). The number of nitrogens with zero attached hydrogens (tertiary/aromatic N) is 2. The Hall–Kier alpha value is -2.83. The van der Waals surface area contributed by atoms with E-state index in [1.807, 2.05) is 36.5 Å². The van der Waals surface area contributed by atoms with Gasteiger partial charge in [-0.3, -0.25) is 9.59 Å². The highest BCUT2D eigenvalue weighted by Crippen LogP contribution is 2.22. The van der Waals surface area contributed by atoms with Crippen molar-refractivity contribution in [1.82, 2.24) is 15.1 Å². The molecule has 0 saturated heterocycles. The zero-order chi connectivity index (χ0) is 19.2. The fourth-order valence-electron chi connectivity index (χ4n) is 2.27. The van der Waals surface area contributed by atoms with E-state index in [1.54, 1.807) is 10.9 Å². The normalized spacial score (nSPS) is 10.4. The van der Waals surface area contributed by atoms with Gasteiger partial charge in [0.2, 0.25) is 0 Å². The van der Waals surface area contributed by atoms with E-state index < -0.39 is 11.9 Å². The van der Waals surface area contributed by atoms with Gasteiger partial charge in [-0.25, -0.2) is 4.68 Å². The third-order valence-corrected chi connectivity index (χ3v) is 4.42. The maximum atomic E-state index is 12.0. The van der Waals surface area contributed by atoms with Crippen molar-refractivity contribution in [3.8, 4) is 5.69 Å². The second-order valence-electron chi connectivity index (χ2n) is 5.59. The van der Waals surface area contributed by atoms with Crippen molar-refractivity contribution in [1.29, 1.82) is 0 Å². The number of ether oxygens (including phenoxy) is 1. The molecule has 0 saturated carbocycles. The average molecular weight is 404 g/mol. The third-order valence-electron chi connectivity index (χ3n) is 3.68. The molecule has 2 aromatic carbocycles. The molecule has 3 aromatic rings. The summed E-state index contributed by atoms with van der Waals surface area (Å²) in [6.45, 7) is -0.134. The Labute approximate surface area is 165 Å². The first-order valence-corrected chi connectivity index (χ1v) is 8.76. The summed E-state index contributed by atoms with van der Waals surface area (Å²) >= 11 is 11.7. The van der Waals surface area contributed by atoms with Crippen LogP contribution in [0, 0.1) is 0 Å². The van der Waals surface area contributed by atoms with Gasteiger partial charge in [0.1, 0.15) is 13.2 Å². The van der Waals surface area contributed by atoms with E-state index in [-0.39, 0.29) is 18.2 Å². The van der Waals surface area contributed by atoms with Gasteiger partial charge < -0.3 is 10.1 Å². The molecule has 1 heterocycles. The Bertz CT molecular complexity index is 941. The highest BCUT2D eigenvalue weighted by molar-refractivity contribution is 6.42. The highest BCUT2D eigenvalue weighted by atomic mass is 35.5. The minimum Gasteiger partial charge on any atom is -0.460 e. The lowest BCUT2D eigenvalue weighted by Crippen LogP contribution is -2.30. The Morgan fingerprint density at radius 3 is 2.52 bits per heavy atom. The quantitative estimate of drug-likeness (QED) is 0.637. The lowest BCUT2D eigenvalue weighted by molar-refractivity contribution is -0.143. The number of hydrogen-bond acceptors (Lipinski definition) is 4. The van der Waals surface area contributed by atoms with Gasteiger partial charge in [0.15, 0.2) is 0 Å². The van der Waals surface area contributed by atoms with Crippen molar-refractivity contribution < 1.29 is 14.3 Å². The van der Waals surface area contributed by atoms with Crippen LogP contribution < -0.4 is 5.32 Å². The highest BCUT2D eigenvalue weighted by Gasteiger charge is 2.11. The molecule has 0 aliphatic heterocycles. The topological polar surface area (TPSA) is 73.2 Å². The predicted octanol–water partition coefficient (Wildman–Crippen LogP) is 3.65.